The Morgan fingerprint density at radius 2 is 1.95 bits per heavy atom. The molecule has 5 heteroatoms. The van der Waals surface area contributed by atoms with Crippen LogP contribution in [-0.4, -0.2) is 20.0 Å². The Morgan fingerprint density at radius 1 is 1.16 bits per heavy atom. The number of aromatic nitrogens is 4. The molecular formula is C14H12N4O. The Kier molecular flexibility index (Phi) is 2.72. The average Bonchev–Trinajstić information content (AvgIpc) is 2.82. The van der Waals surface area contributed by atoms with E-state index < -0.39 is 0 Å². The summed E-state index contributed by atoms with van der Waals surface area (Å²) in [4.78, 5) is 11.4. The van der Waals surface area contributed by atoms with Crippen molar-refractivity contribution in [2.24, 2.45) is 0 Å². The summed E-state index contributed by atoms with van der Waals surface area (Å²) in [6.07, 6.45) is 1.58. The van der Waals surface area contributed by atoms with Gasteiger partial charge in [0.05, 0.1) is 23.3 Å². The van der Waals surface area contributed by atoms with Crippen molar-refractivity contribution in [2.75, 3.05) is 0 Å². The molecule has 1 N–H and O–H groups in total. The lowest BCUT2D eigenvalue weighted by Crippen LogP contribution is -2.10. The van der Waals surface area contributed by atoms with Gasteiger partial charge in [-0.25, -0.2) is 9.78 Å². The predicted molar refractivity (Wildman–Crippen MR) is 72.2 cm³/mol. The van der Waals surface area contributed by atoms with Gasteiger partial charge in [-0.3, -0.25) is 4.79 Å². The third-order valence-corrected chi connectivity index (χ3v) is 2.80. The van der Waals surface area contributed by atoms with E-state index in [2.05, 4.69) is 15.3 Å². The van der Waals surface area contributed by atoms with E-state index in [0.717, 1.165) is 17.0 Å². The molecule has 3 rings (SSSR count). The monoisotopic (exact) mass is 252 g/mol. The first-order valence-corrected chi connectivity index (χ1v) is 5.91. The molecule has 0 saturated carbocycles. The summed E-state index contributed by atoms with van der Waals surface area (Å²) in [5.41, 5.74) is 3.27. The molecule has 0 bridgehead atoms. The van der Waals surface area contributed by atoms with Crippen LogP contribution in [0.4, 0.5) is 0 Å². The van der Waals surface area contributed by atoms with Crippen molar-refractivity contribution < 1.29 is 0 Å². The highest BCUT2D eigenvalue weighted by Gasteiger charge is 2.10. The largest absolute Gasteiger partial charge is 0.268 e. The first-order valence-electron chi connectivity index (χ1n) is 5.91. The van der Waals surface area contributed by atoms with Crippen molar-refractivity contribution in [2.45, 2.75) is 6.92 Å². The highest BCUT2D eigenvalue weighted by Crippen LogP contribution is 2.22. The van der Waals surface area contributed by atoms with Crippen LogP contribution in [0.25, 0.3) is 16.9 Å². The van der Waals surface area contributed by atoms with Gasteiger partial charge in [-0.05, 0) is 13.0 Å². The van der Waals surface area contributed by atoms with E-state index in [1.807, 2.05) is 43.3 Å². The minimum atomic E-state index is -0.246. The van der Waals surface area contributed by atoms with Gasteiger partial charge in [0.15, 0.2) is 0 Å². The smallest absolute Gasteiger partial charge is 0.266 e. The number of hydrogen-bond acceptors (Lipinski definition) is 3. The molecule has 2 aromatic heterocycles. The second-order valence-electron chi connectivity index (χ2n) is 4.25. The number of aromatic amines is 1. The van der Waals surface area contributed by atoms with Crippen LogP contribution in [0.2, 0.25) is 0 Å². The van der Waals surface area contributed by atoms with Gasteiger partial charge in [-0.1, -0.05) is 30.3 Å². The number of nitrogens with zero attached hydrogens (tertiary/aromatic N) is 3. The first kappa shape index (κ1) is 11.4. The van der Waals surface area contributed by atoms with E-state index in [1.165, 1.54) is 6.07 Å². The van der Waals surface area contributed by atoms with E-state index >= 15 is 0 Å². The predicted octanol–water partition coefficient (Wildman–Crippen LogP) is 1.93. The second-order valence-corrected chi connectivity index (χ2v) is 4.25. The number of rotatable bonds is 2. The molecule has 0 aliphatic rings. The maximum atomic E-state index is 11.4. The maximum Gasteiger partial charge on any atom is 0.266 e. The van der Waals surface area contributed by atoms with Gasteiger partial charge in [-0.15, -0.1) is 0 Å². The van der Waals surface area contributed by atoms with Crippen LogP contribution in [-0.2, 0) is 0 Å². The summed E-state index contributed by atoms with van der Waals surface area (Å²) in [5, 5.41) is 10.6. The topological polar surface area (TPSA) is 63.6 Å². The Bertz CT molecular complexity index is 758. The third-order valence-electron chi connectivity index (χ3n) is 2.80. The van der Waals surface area contributed by atoms with Gasteiger partial charge < -0.3 is 0 Å². The number of H-pyrrole nitrogens is 1. The molecule has 0 unspecified atom stereocenters. The molecule has 3 aromatic rings. The molecule has 19 heavy (non-hydrogen) atoms. The molecule has 0 aliphatic carbocycles. The minimum absolute atomic E-state index is 0.246. The number of benzene rings is 1. The Labute approximate surface area is 109 Å². The summed E-state index contributed by atoms with van der Waals surface area (Å²) in [7, 11) is 0. The van der Waals surface area contributed by atoms with Crippen LogP contribution in [0.15, 0.2) is 53.5 Å². The molecule has 0 saturated heterocycles. The number of hydrogen-bond donors (Lipinski definition) is 1. The molecule has 1 aromatic carbocycles. The minimum Gasteiger partial charge on any atom is -0.268 e. The summed E-state index contributed by atoms with van der Waals surface area (Å²) in [6, 6.07) is 13.4. The summed E-state index contributed by atoms with van der Waals surface area (Å²) in [6.45, 7) is 1.92. The lowest BCUT2D eigenvalue weighted by molar-refractivity contribution is 0.844. The molecule has 0 amide bonds. The molecule has 94 valence electrons. The normalized spacial score (nSPS) is 10.6. The maximum absolute atomic E-state index is 11.4. The Balaban J connectivity index is 2.20. The molecule has 2 heterocycles. The third kappa shape index (κ3) is 2.18. The fourth-order valence-corrected chi connectivity index (χ4v) is 1.99. The lowest BCUT2D eigenvalue weighted by Gasteiger charge is -2.06. The van der Waals surface area contributed by atoms with Crippen molar-refractivity contribution in [3.05, 3.63) is 64.7 Å². The van der Waals surface area contributed by atoms with Crippen molar-refractivity contribution in [1.29, 1.82) is 0 Å². The van der Waals surface area contributed by atoms with Gasteiger partial charge in [0, 0.05) is 11.6 Å². The van der Waals surface area contributed by atoms with Crippen LogP contribution >= 0.6 is 0 Å². The van der Waals surface area contributed by atoms with Gasteiger partial charge in [0.2, 0.25) is 0 Å². The van der Waals surface area contributed by atoms with E-state index in [4.69, 9.17) is 0 Å². The SMILES string of the molecule is Cc1cc(-c2ccccc2)n(-c2cn[nH]c(=O)c2)n1. The van der Waals surface area contributed by atoms with Gasteiger partial charge >= 0.3 is 0 Å². The molecule has 0 radical (unpaired) electrons. The highest BCUT2D eigenvalue weighted by atomic mass is 16.1. The van der Waals surface area contributed by atoms with Gasteiger partial charge in [-0.2, -0.15) is 10.2 Å². The Morgan fingerprint density at radius 3 is 2.68 bits per heavy atom. The Hall–Kier alpha value is -2.69. The first-order chi connectivity index (χ1) is 9.24. The lowest BCUT2D eigenvalue weighted by atomic mass is 10.1. The van der Waals surface area contributed by atoms with Crippen molar-refractivity contribution in [1.82, 2.24) is 20.0 Å². The molecular weight excluding hydrogens is 240 g/mol. The zero-order chi connectivity index (χ0) is 13.2. The highest BCUT2D eigenvalue weighted by molar-refractivity contribution is 5.62. The van der Waals surface area contributed by atoms with Crippen molar-refractivity contribution >= 4 is 0 Å². The van der Waals surface area contributed by atoms with Crippen LogP contribution in [0, 0.1) is 6.92 Å². The number of nitrogens with one attached hydrogen (secondary N) is 1. The van der Waals surface area contributed by atoms with Gasteiger partial charge in [0.25, 0.3) is 5.56 Å². The van der Waals surface area contributed by atoms with Crippen molar-refractivity contribution in [3.8, 4) is 16.9 Å². The molecule has 5 nitrogen and oxygen atoms in total. The zero-order valence-corrected chi connectivity index (χ0v) is 10.4. The molecule has 0 fully saturated rings. The fraction of sp³-hybridized carbons (Fsp3) is 0.0714. The van der Waals surface area contributed by atoms with E-state index in [1.54, 1.807) is 10.9 Å². The van der Waals surface area contributed by atoms with Crippen LogP contribution in [0.5, 0.6) is 0 Å². The summed E-state index contributed by atoms with van der Waals surface area (Å²) >= 11 is 0. The van der Waals surface area contributed by atoms with Gasteiger partial charge in [0.1, 0.15) is 0 Å². The van der Waals surface area contributed by atoms with Crippen LogP contribution < -0.4 is 5.56 Å². The zero-order valence-electron chi connectivity index (χ0n) is 10.4. The molecule has 0 spiro atoms. The standard InChI is InChI=1S/C14H12N4O/c1-10-7-13(11-5-3-2-4-6-11)18(17-10)12-8-14(19)16-15-9-12/h2-9H,1H3,(H,16,19). The summed E-state index contributed by atoms with van der Waals surface area (Å²) in [5.74, 6) is 0. The molecule has 0 aliphatic heterocycles. The number of aryl methyl sites for hydroxylation is 1. The molecule has 0 atom stereocenters. The van der Waals surface area contributed by atoms with E-state index in [9.17, 15) is 4.79 Å². The van der Waals surface area contributed by atoms with Crippen molar-refractivity contribution in [3.63, 3.8) is 0 Å². The fourth-order valence-electron chi connectivity index (χ4n) is 1.99. The van der Waals surface area contributed by atoms with Crippen LogP contribution in [0.1, 0.15) is 5.69 Å². The average molecular weight is 252 g/mol. The van der Waals surface area contributed by atoms with E-state index in [0.29, 0.717) is 5.69 Å². The summed E-state index contributed by atoms with van der Waals surface area (Å²) < 4.78 is 1.73. The second kappa shape index (κ2) is 4.53. The quantitative estimate of drug-likeness (QED) is 0.758. The van der Waals surface area contributed by atoms with E-state index in [-0.39, 0.29) is 5.56 Å². The van der Waals surface area contributed by atoms with Crippen LogP contribution in [0.3, 0.4) is 0 Å².